The fourth-order valence-electron chi connectivity index (χ4n) is 2.43. The SMILES string of the molecule is [CH2-]C(=O)Oc1ccccc1P(c1ccccc1)c1ccccc1.[W]. The molecule has 0 saturated carbocycles. The van der Waals surface area contributed by atoms with Gasteiger partial charge in [-0.05, 0) is 24.6 Å². The second-order valence-electron chi connectivity index (χ2n) is 4.95. The maximum atomic E-state index is 11.3. The molecular formula is C20H16O2PW-. The van der Waals surface area contributed by atoms with E-state index in [9.17, 15) is 4.79 Å². The largest absolute Gasteiger partial charge is 0.451 e. The first-order valence-corrected chi connectivity index (χ1v) is 8.63. The van der Waals surface area contributed by atoms with E-state index in [1.807, 2.05) is 60.7 Å². The molecule has 120 valence electrons. The van der Waals surface area contributed by atoms with Crippen molar-refractivity contribution in [1.82, 2.24) is 0 Å². The number of carbonyl (C=O) groups is 1. The van der Waals surface area contributed by atoms with Gasteiger partial charge in [-0.1, -0.05) is 78.9 Å². The van der Waals surface area contributed by atoms with Crippen LogP contribution < -0.4 is 20.7 Å². The molecule has 0 atom stereocenters. The van der Waals surface area contributed by atoms with Crippen LogP contribution in [-0.4, -0.2) is 5.97 Å². The molecule has 0 amide bonds. The van der Waals surface area contributed by atoms with Crippen molar-refractivity contribution in [2.75, 3.05) is 0 Å². The van der Waals surface area contributed by atoms with E-state index in [0.717, 1.165) is 5.30 Å². The van der Waals surface area contributed by atoms with E-state index in [2.05, 4.69) is 31.2 Å². The van der Waals surface area contributed by atoms with Crippen LogP contribution in [0.25, 0.3) is 0 Å². The zero-order valence-electron chi connectivity index (χ0n) is 13.0. The second-order valence-corrected chi connectivity index (χ2v) is 7.13. The summed E-state index contributed by atoms with van der Waals surface area (Å²) in [5, 5.41) is 3.43. The summed E-state index contributed by atoms with van der Waals surface area (Å²) in [5.41, 5.74) is 0. The Hall–Kier alpha value is -1.88. The molecule has 24 heavy (non-hydrogen) atoms. The number of rotatable bonds is 4. The van der Waals surface area contributed by atoms with Crippen LogP contribution in [0, 0.1) is 6.92 Å². The molecule has 3 aromatic rings. The van der Waals surface area contributed by atoms with E-state index in [-0.39, 0.29) is 21.1 Å². The number of hydrogen-bond acceptors (Lipinski definition) is 2. The molecule has 3 rings (SSSR count). The van der Waals surface area contributed by atoms with Crippen LogP contribution in [-0.2, 0) is 25.9 Å². The van der Waals surface area contributed by atoms with E-state index >= 15 is 0 Å². The van der Waals surface area contributed by atoms with Crippen LogP contribution in [0.3, 0.4) is 0 Å². The molecular weight excluding hydrogens is 487 g/mol. The van der Waals surface area contributed by atoms with Gasteiger partial charge < -0.3 is 4.74 Å². The minimum atomic E-state index is -0.802. The topological polar surface area (TPSA) is 26.3 Å². The number of hydrogen-bond donors (Lipinski definition) is 0. The van der Waals surface area contributed by atoms with Crippen LogP contribution in [0.2, 0.25) is 0 Å². The zero-order chi connectivity index (χ0) is 16.1. The van der Waals surface area contributed by atoms with E-state index in [1.165, 1.54) is 10.6 Å². The predicted octanol–water partition coefficient (Wildman–Crippen LogP) is 3.18. The molecule has 0 aliphatic heterocycles. The standard InChI is InChI=1S/C20H16O2P.W/c1-16(21)22-19-14-8-9-15-20(19)23(17-10-4-2-5-11-17)18-12-6-3-7-13-18;/h2-15H,1H2;/q-1;. The normalized spacial score (nSPS) is 10.0. The average Bonchev–Trinajstić information content (AvgIpc) is 2.58. The Bertz CT molecular complexity index is 752. The van der Waals surface area contributed by atoms with Gasteiger partial charge in [0.1, 0.15) is 5.75 Å². The first kappa shape index (κ1) is 18.5. The Morgan fingerprint density at radius 1 is 0.750 bits per heavy atom. The fourth-order valence-corrected chi connectivity index (χ4v) is 4.80. The molecule has 4 heteroatoms. The van der Waals surface area contributed by atoms with Gasteiger partial charge >= 0.3 is 0 Å². The first-order valence-electron chi connectivity index (χ1n) is 7.29. The van der Waals surface area contributed by atoms with Gasteiger partial charge in [0.05, 0.1) is 0 Å². The number of benzene rings is 3. The summed E-state index contributed by atoms with van der Waals surface area (Å²) in [6.45, 7) is 3.33. The molecule has 0 aliphatic carbocycles. The molecule has 0 aliphatic rings. The van der Waals surface area contributed by atoms with Crippen LogP contribution in [0.4, 0.5) is 0 Å². The van der Waals surface area contributed by atoms with Crippen LogP contribution in [0.1, 0.15) is 0 Å². The Morgan fingerprint density at radius 2 is 1.21 bits per heavy atom. The first-order chi connectivity index (χ1) is 11.3. The molecule has 2 nitrogen and oxygen atoms in total. The third kappa shape index (κ3) is 4.35. The molecule has 0 heterocycles. The van der Waals surface area contributed by atoms with Crippen molar-refractivity contribution < 1.29 is 30.6 Å². The third-order valence-corrected chi connectivity index (χ3v) is 5.84. The quantitative estimate of drug-likeness (QED) is 0.237. The summed E-state index contributed by atoms with van der Waals surface area (Å²) >= 11 is 0. The molecule has 0 saturated heterocycles. The van der Waals surface area contributed by atoms with Crippen LogP contribution in [0.5, 0.6) is 5.75 Å². The average molecular weight is 503 g/mol. The summed E-state index contributed by atoms with van der Waals surface area (Å²) < 4.78 is 5.34. The molecule has 0 unspecified atom stereocenters. The van der Waals surface area contributed by atoms with E-state index < -0.39 is 13.9 Å². The number of para-hydroxylation sites is 1. The molecule has 0 N–H and O–H groups in total. The summed E-state index contributed by atoms with van der Waals surface area (Å²) in [6, 6.07) is 28.3. The van der Waals surface area contributed by atoms with E-state index in [4.69, 9.17) is 4.74 Å². The van der Waals surface area contributed by atoms with Gasteiger partial charge in [0, 0.05) is 26.4 Å². The smallest absolute Gasteiger partial charge is 0.172 e. The maximum Gasteiger partial charge on any atom is 0.172 e. The molecule has 3 aromatic carbocycles. The van der Waals surface area contributed by atoms with Gasteiger partial charge in [-0.2, -0.15) is 0 Å². The van der Waals surface area contributed by atoms with Crippen LogP contribution >= 0.6 is 7.92 Å². The van der Waals surface area contributed by atoms with Crippen molar-refractivity contribution in [2.45, 2.75) is 0 Å². The number of ether oxygens (including phenoxy) is 1. The van der Waals surface area contributed by atoms with Gasteiger partial charge in [0.15, 0.2) is 5.97 Å². The number of esters is 1. The molecule has 0 aromatic heterocycles. The molecule has 0 radical (unpaired) electrons. The van der Waals surface area contributed by atoms with Crippen molar-refractivity contribution in [2.24, 2.45) is 0 Å². The summed E-state index contributed by atoms with van der Waals surface area (Å²) in [4.78, 5) is 11.3. The monoisotopic (exact) mass is 503 g/mol. The third-order valence-electron chi connectivity index (χ3n) is 3.36. The maximum absolute atomic E-state index is 11.3. The Balaban J connectivity index is 0.00000208. The van der Waals surface area contributed by atoms with Gasteiger partial charge in [-0.25, -0.2) is 0 Å². The molecule has 0 bridgehead atoms. The van der Waals surface area contributed by atoms with Crippen molar-refractivity contribution in [3.63, 3.8) is 0 Å². The minimum Gasteiger partial charge on any atom is -0.451 e. The van der Waals surface area contributed by atoms with E-state index in [0.29, 0.717) is 5.75 Å². The zero-order valence-corrected chi connectivity index (χ0v) is 16.8. The van der Waals surface area contributed by atoms with Crippen molar-refractivity contribution in [3.05, 3.63) is 91.9 Å². The van der Waals surface area contributed by atoms with Crippen molar-refractivity contribution >= 4 is 29.8 Å². The molecule has 0 fully saturated rings. The van der Waals surface area contributed by atoms with E-state index in [1.54, 1.807) is 0 Å². The van der Waals surface area contributed by atoms with Gasteiger partial charge in [-0.3, -0.25) is 11.7 Å². The summed E-state index contributed by atoms with van der Waals surface area (Å²) in [7, 11) is -0.802. The fraction of sp³-hybridized carbons (Fsp3) is 0. The Kier molecular flexibility index (Phi) is 6.79. The summed E-state index contributed by atoms with van der Waals surface area (Å²) in [6.07, 6.45) is 0. The number of carbonyl (C=O) groups excluding carboxylic acids is 1. The van der Waals surface area contributed by atoms with Gasteiger partial charge in [0.2, 0.25) is 0 Å². The van der Waals surface area contributed by atoms with Crippen LogP contribution in [0.15, 0.2) is 84.9 Å². The minimum absolute atomic E-state index is 0. The second kappa shape index (κ2) is 8.83. The van der Waals surface area contributed by atoms with Crippen molar-refractivity contribution in [3.8, 4) is 5.75 Å². The van der Waals surface area contributed by atoms with Crippen molar-refractivity contribution in [1.29, 1.82) is 0 Å². The van der Waals surface area contributed by atoms with Gasteiger partial charge in [0.25, 0.3) is 0 Å². The Labute approximate surface area is 157 Å². The molecule has 0 spiro atoms. The summed E-state index contributed by atoms with van der Waals surface area (Å²) in [5.74, 6) is 0.0276. The Morgan fingerprint density at radius 3 is 1.71 bits per heavy atom. The predicted molar refractivity (Wildman–Crippen MR) is 96.1 cm³/mol. The van der Waals surface area contributed by atoms with Gasteiger partial charge in [-0.15, -0.1) is 0 Å².